The van der Waals surface area contributed by atoms with Crippen LogP contribution in [0.4, 0.5) is 0 Å². The lowest BCUT2D eigenvalue weighted by Gasteiger charge is -1.86. The summed E-state index contributed by atoms with van der Waals surface area (Å²) in [5.41, 5.74) is 0. The molecule has 0 N–H and O–H groups in total. The van der Waals surface area contributed by atoms with Crippen LogP contribution >= 0.6 is 0 Å². The first-order valence-corrected chi connectivity index (χ1v) is 3.47. The van der Waals surface area contributed by atoms with Crippen molar-refractivity contribution in [3.05, 3.63) is 31.2 Å². The highest BCUT2D eigenvalue weighted by Crippen LogP contribution is 1.96. The predicted molar refractivity (Wildman–Crippen MR) is 43.2 cm³/mol. The first kappa shape index (κ1) is 8.48. The van der Waals surface area contributed by atoms with E-state index in [-0.39, 0.29) is 0 Å². The molecule has 0 amide bonds. The highest BCUT2D eigenvalue weighted by molar-refractivity contribution is 4.85. The molecule has 0 unspecified atom stereocenters. The monoisotopic (exact) mass is 123 g/mol. The molecule has 9 heavy (non-hydrogen) atoms. The molecule has 1 radical (unpaired) electrons. The van der Waals surface area contributed by atoms with E-state index in [2.05, 4.69) is 32.1 Å². The molecular weight excluding hydrogens is 108 g/mol. The number of hydrogen-bond donors (Lipinski definition) is 0. The Morgan fingerprint density at radius 2 is 1.89 bits per heavy atom. The Morgan fingerprint density at radius 1 is 1.22 bits per heavy atom. The fourth-order valence-electron chi connectivity index (χ4n) is 0.638. The molecule has 0 spiro atoms. The van der Waals surface area contributed by atoms with E-state index >= 15 is 0 Å². The zero-order chi connectivity index (χ0) is 6.95. The van der Waals surface area contributed by atoms with Gasteiger partial charge in [-0.05, 0) is 33.1 Å². The van der Waals surface area contributed by atoms with Crippen molar-refractivity contribution in [2.75, 3.05) is 0 Å². The minimum Gasteiger partial charge on any atom is -0.0917 e. The predicted octanol–water partition coefficient (Wildman–Crippen LogP) is 3.12. The van der Waals surface area contributed by atoms with E-state index in [0.29, 0.717) is 0 Å². The maximum absolute atomic E-state index is 3.60. The zero-order valence-corrected chi connectivity index (χ0v) is 6.14. The largest absolute Gasteiger partial charge is 0.0917 e. The summed E-state index contributed by atoms with van der Waals surface area (Å²) in [6, 6.07) is 0. The van der Waals surface area contributed by atoms with E-state index in [9.17, 15) is 0 Å². The molecule has 51 valence electrons. The Labute approximate surface area is 58.3 Å². The van der Waals surface area contributed by atoms with Gasteiger partial charge in [-0.2, -0.15) is 0 Å². The topological polar surface area (TPSA) is 0 Å². The van der Waals surface area contributed by atoms with Crippen molar-refractivity contribution in [2.24, 2.45) is 0 Å². The Kier molecular flexibility index (Phi) is 7.05. The summed E-state index contributed by atoms with van der Waals surface area (Å²) in [5.74, 6) is 0. The van der Waals surface area contributed by atoms with Crippen molar-refractivity contribution in [1.82, 2.24) is 0 Å². The summed E-state index contributed by atoms with van der Waals surface area (Å²) < 4.78 is 0. The number of rotatable bonds is 4. The molecule has 0 saturated carbocycles. The molecule has 0 fully saturated rings. The lowest BCUT2D eigenvalue weighted by atomic mass is 10.2. The summed E-state index contributed by atoms with van der Waals surface area (Å²) >= 11 is 0. The van der Waals surface area contributed by atoms with Crippen LogP contribution in [0.3, 0.4) is 0 Å². The fraction of sp³-hybridized carbons (Fsp3) is 0.444. The molecule has 0 atom stereocenters. The van der Waals surface area contributed by atoms with E-state index in [1.807, 2.05) is 6.08 Å². The molecule has 0 aliphatic heterocycles. The lowest BCUT2D eigenvalue weighted by molar-refractivity contribution is 0.867. The second-order valence-electron chi connectivity index (χ2n) is 1.97. The van der Waals surface area contributed by atoms with Gasteiger partial charge in [-0.1, -0.05) is 24.3 Å². The molecule has 0 aromatic carbocycles. The molecule has 0 aliphatic carbocycles. The van der Waals surface area contributed by atoms with Gasteiger partial charge in [0.05, 0.1) is 0 Å². The normalized spacial score (nSPS) is 11.8. The molecule has 0 rings (SSSR count). The molecule has 0 nitrogen and oxygen atoms in total. The van der Waals surface area contributed by atoms with Gasteiger partial charge in [0.2, 0.25) is 0 Å². The fourth-order valence-corrected chi connectivity index (χ4v) is 0.638. The summed E-state index contributed by atoms with van der Waals surface area (Å²) in [5, 5.41) is 0. The Bertz CT molecular complexity index is 76.2. The van der Waals surface area contributed by atoms with E-state index in [1.54, 1.807) is 0 Å². The number of allylic oxidation sites excluding steroid dienone is 4. The Hall–Kier alpha value is -0.520. The smallest absolute Gasteiger partial charge is 0.0316 e. The maximum Gasteiger partial charge on any atom is -0.0316 e. The van der Waals surface area contributed by atoms with Crippen LogP contribution in [0.2, 0.25) is 0 Å². The van der Waals surface area contributed by atoms with Gasteiger partial charge in [-0.25, -0.2) is 0 Å². The van der Waals surface area contributed by atoms with Gasteiger partial charge < -0.3 is 0 Å². The maximum atomic E-state index is 3.60. The molecule has 0 heterocycles. The first-order chi connectivity index (χ1) is 4.41. The summed E-state index contributed by atoms with van der Waals surface area (Å²) in [6.07, 6.45) is 11.8. The van der Waals surface area contributed by atoms with E-state index in [1.165, 1.54) is 12.8 Å². The third-order valence-electron chi connectivity index (χ3n) is 1.14. The molecular formula is C9H15. The number of unbranched alkanes of at least 4 members (excludes halogenated alkanes) is 2. The van der Waals surface area contributed by atoms with Crippen LogP contribution in [-0.2, 0) is 0 Å². The van der Waals surface area contributed by atoms with Gasteiger partial charge in [0.25, 0.3) is 0 Å². The van der Waals surface area contributed by atoms with Crippen molar-refractivity contribution >= 4 is 0 Å². The molecule has 0 aliphatic rings. The van der Waals surface area contributed by atoms with Crippen LogP contribution in [0.1, 0.15) is 26.2 Å². The molecule has 0 bridgehead atoms. The van der Waals surface area contributed by atoms with Gasteiger partial charge >= 0.3 is 0 Å². The third-order valence-corrected chi connectivity index (χ3v) is 1.14. The lowest BCUT2D eigenvalue weighted by Crippen LogP contribution is -1.66. The second-order valence-corrected chi connectivity index (χ2v) is 1.97. The Balaban J connectivity index is 2.91. The van der Waals surface area contributed by atoms with Crippen molar-refractivity contribution in [2.45, 2.75) is 26.2 Å². The van der Waals surface area contributed by atoms with Gasteiger partial charge in [0, 0.05) is 0 Å². The van der Waals surface area contributed by atoms with Crippen LogP contribution in [-0.4, -0.2) is 0 Å². The van der Waals surface area contributed by atoms with Crippen molar-refractivity contribution in [3.63, 3.8) is 0 Å². The van der Waals surface area contributed by atoms with Gasteiger partial charge in [0.1, 0.15) is 0 Å². The van der Waals surface area contributed by atoms with Crippen LogP contribution < -0.4 is 0 Å². The minimum atomic E-state index is 1.16. The van der Waals surface area contributed by atoms with Crippen LogP contribution in [0.15, 0.2) is 24.3 Å². The van der Waals surface area contributed by atoms with Crippen molar-refractivity contribution in [3.8, 4) is 0 Å². The average Bonchev–Trinajstić information content (AvgIpc) is 1.89. The summed E-state index contributed by atoms with van der Waals surface area (Å²) in [6.45, 7) is 5.66. The standard InChI is InChI=1S/C9H15/c1-3-5-7-9-8-6-4-2/h3-6H,1,7-9H2,2H3. The van der Waals surface area contributed by atoms with E-state index < -0.39 is 0 Å². The summed E-state index contributed by atoms with van der Waals surface area (Å²) in [4.78, 5) is 0. The first-order valence-electron chi connectivity index (χ1n) is 3.47. The highest BCUT2D eigenvalue weighted by atomic mass is 13.8. The SMILES string of the molecule is [CH2]C=CCCCC=CC. The van der Waals surface area contributed by atoms with Crippen LogP contribution in [0.5, 0.6) is 0 Å². The van der Waals surface area contributed by atoms with Gasteiger partial charge in [-0.15, -0.1) is 0 Å². The average molecular weight is 123 g/mol. The quantitative estimate of drug-likeness (QED) is 0.398. The van der Waals surface area contributed by atoms with Crippen LogP contribution in [0.25, 0.3) is 0 Å². The third kappa shape index (κ3) is 7.48. The summed E-state index contributed by atoms with van der Waals surface area (Å²) in [7, 11) is 0. The number of hydrogen-bond acceptors (Lipinski definition) is 0. The van der Waals surface area contributed by atoms with Gasteiger partial charge in [-0.3, -0.25) is 0 Å². The molecule has 0 aromatic heterocycles. The van der Waals surface area contributed by atoms with E-state index in [4.69, 9.17) is 0 Å². The van der Waals surface area contributed by atoms with Crippen molar-refractivity contribution < 1.29 is 0 Å². The Morgan fingerprint density at radius 3 is 2.44 bits per heavy atom. The van der Waals surface area contributed by atoms with Crippen LogP contribution in [0, 0.1) is 6.92 Å². The van der Waals surface area contributed by atoms with Gasteiger partial charge in [0.15, 0.2) is 0 Å². The van der Waals surface area contributed by atoms with E-state index in [0.717, 1.165) is 6.42 Å². The molecule has 0 heteroatoms. The minimum absolute atomic E-state index is 1.16. The van der Waals surface area contributed by atoms with Crippen molar-refractivity contribution in [1.29, 1.82) is 0 Å². The molecule has 0 aromatic rings. The zero-order valence-electron chi connectivity index (χ0n) is 6.14. The molecule has 0 saturated heterocycles. The highest BCUT2D eigenvalue weighted by Gasteiger charge is 1.76. The second kappa shape index (κ2) is 7.48.